The number of rotatable bonds is 6. The fourth-order valence-electron chi connectivity index (χ4n) is 3.82. The molecule has 4 rings (SSSR count). The molecule has 158 valence electrons. The number of aryl methyl sites for hydroxylation is 2. The minimum atomic E-state index is -0.101. The maximum Gasteiger partial charge on any atom is 0.261 e. The highest BCUT2D eigenvalue weighted by Crippen LogP contribution is 2.33. The molecule has 1 aliphatic rings. The Balaban J connectivity index is 1.62. The molecular formula is C23H26ClN3O2S. The summed E-state index contributed by atoms with van der Waals surface area (Å²) in [6.07, 6.45) is 0.865. The van der Waals surface area contributed by atoms with Crippen LogP contribution in [0.3, 0.4) is 0 Å². The Bertz CT molecular complexity index is 1050. The zero-order valence-electron chi connectivity index (χ0n) is 17.4. The first-order valence-electron chi connectivity index (χ1n) is 10.3. The molecule has 0 aliphatic carbocycles. The average molecular weight is 444 g/mol. The standard InChI is InChI=1S/C23H26ClN3O2S/c1-16-14-17(2)21-20(15-16)25-23(30-21)27(9-5-8-26-10-12-29-13-11-26)22(28)18-6-3-4-7-19(18)24/h3-4,6-7,14-15H,5,8-13H2,1-2H3. The third-order valence-corrected chi connectivity index (χ3v) is 6.91. The van der Waals surface area contributed by atoms with E-state index in [1.54, 1.807) is 28.4 Å². The predicted octanol–water partition coefficient (Wildman–Crippen LogP) is 4.94. The lowest BCUT2D eigenvalue weighted by Gasteiger charge is -2.27. The van der Waals surface area contributed by atoms with Crippen molar-refractivity contribution in [1.82, 2.24) is 9.88 Å². The summed E-state index contributed by atoms with van der Waals surface area (Å²) < 4.78 is 6.56. The van der Waals surface area contributed by atoms with Crippen molar-refractivity contribution >= 4 is 44.2 Å². The quantitative estimate of drug-likeness (QED) is 0.541. The van der Waals surface area contributed by atoms with Gasteiger partial charge in [-0.2, -0.15) is 0 Å². The Hall–Kier alpha value is -1.99. The molecular weight excluding hydrogens is 418 g/mol. The van der Waals surface area contributed by atoms with Crippen molar-refractivity contribution in [2.24, 2.45) is 0 Å². The number of halogens is 1. The maximum absolute atomic E-state index is 13.5. The minimum absolute atomic E-state index is 0.101. The van der Waals surface area contributed by atoms with E-state index >= 15 is 0 Å². The number of amides is 1. The number of morpholine rings is 1. The molecule has 1 aliphatic heterocycles. The number of aromatic nitrogens is 1. The molecule has 0 radical (unpaired) electrons. The molecule has 7 heteroatoms. The van der Waals surface area contributed by atoms with E-state index in [4.69, 9.17) is 21.3 Å². The van der Waals surface area contributed by atoms with Crippen molar-refractivity contribution in [2.45, 2.75) is 20.3 Å². The zero-order chi connectivity index (χ0) is 21.1. The Kier molecular flexibility index (Phi) is 6.68. The highest BCUT2D eigenvalue weighted by atomic mass is 35.5. The second-order valence-corrected chi connectivity index (χ2v) is 9.06. The summed E-state index contributed by atoms with van der Waals surface area (Å²) in [4.78, 5) is 22.5. The average Bonchev–Trinajstić information content (AvgIpc) is 3.16. The van der Waals surface area contributed by atoms with Gasteiger partial charge in [-0.25, -0.2) is 4.98 Å². The first-order valence-corrected chi connectivity index (χ1v) is 11.5. The lowest BCUT2D eigenvalue weighted by Crippen LogP contribution is -2.39. The van der Waals surface area contributed by atoms with Crippen LogP contribution in [0.4, 0.5) is 5.13 Å². The van der Waals surface area contributed by atoms with E-state index in [-0.39, 0.29) is 5.91 Å². The van der Waals surface area contributed by atoms with Gasteiger partial charge in [0.25, 0.3) is 5.91 Å². The molecule has 3 aromatic rings. The van der Waals surface area contributed by atoms with E-state index in [1.165, 1.54) is 11.1 Å². The Morgan fingerprint density at radius 1 is 1.23 bits per heavy atom. The van der Waals surface area contributed by atoms with E-state index in [0.29, 0.717) is 17.1 Å². The highest BCUT2D eigenvalue weighted by molar-refractivity contribution is 7.22. The number of hydrogen-bond donors (Lipinski definition) is 0. The predicted molar refractivity (Wildman–Crippen MR) is 124 cm³/mol. The second kappa shape index (κ2) is 9.43. The van der Waals surface area contributed by atoms with Gasteiger partial charge in [0.2, 0.25) is 0 Å². The summed E-state index contributed by atoms with van der Waals surface area (Å²) in [5.74, 6) is -0.101. The Labute approximate surface area is 186 Å². The van der Waals surface area contributed by atoms with E-state index < -0.39 is 0 Å². The molecule has 0 saturated carbocycles. The van der Waals surface area contributed by atoms with Gasteiger partial charge in [0.1, 0.15) is 0 Å². The van der Waals surface area contributed by atoms with E-state index in [1.807, 2.05) is 12.1 Å². The van der Waals surface area contributed by atoms with Crippen LogP contribution in [0.5, 0.6) is 0 Å². The zero-order valence-corrected chi connectivity index (χ0v) is 18.9. The van der Waals surface area contributed by atoms with Crippen molar-refractivity contribution < 1.29 is 9.53 Å². The molecule has 5 nitrogen and oxygen atoms in total. The molecule has 0 atom stereocenters. The van der Waals surface area contributed by atoms with Crippen LogP contribution in [0.1, 0.15) is 27.9 Å². The number of carbonyl (C=O) groups is 1. The number of ether oxygens (including phenoxy) is 1. The summed E-state index contributed by atoms with van der Waals surface area (Å²) in [6, 6.07) is 11.5. The second-order valence-electron chi connectivity index (χ2n) is 7.67. The molecule has 0 unspecified atom stereocenters. The van der Waals surface area contributed by atoms with Crippen molar-refractivity contribution in [3.8, 4) is 0 Å². The van der Waals surface area contributed by atoms with Gasteiger partial charge < -0.3 is 4.74 Å². The minimum Gasteiger partial charge on any atom is -0.379 e. The maximum atomic E-state index is 13.5. The van der Waals surface area contributed by atoms with Crippen molar-refractivity contribution in [2.75, 3.05) is 44.3 Å². The first-order chi connectivity index (χ1) is 14.5. The van der Waals surface area contributed by atoms with Gasteiger partial charge in [-0.3, -0.25) is 14.6 Å². The summed E-state index contributed by atoms with van der Waals surface area (Å²) in [5, 5.41) is 1.19. The van der Waals surface area contributed by atoms with Crippen LogP contribution in [0.2, 0.25) is 5.02 Å². The Morgan fingerprint density at radius 3 is 2.77 bits per heavy atom. The molecule has 0 spiro atoms. The van der Waals surface area contributed by atoms with Gasteiger partial charge in [0, 0.05) is 26.2 Å². The third-order valence-electron chi connectivity index (χ3n) is 5.35. The van der Waals surface area contributed by atoms with Crippen LogP contribution < -0.4 is 4.90 Å². The fourth-order valence-corrected chi connectivity index (χ4v) is 5.08. The van der Waals surface area contributed by atoms with E-state index in [2.05, 4.69) is 30.9 Å². The molecule has 2 heterocycles. The summed E-state index contributed by atoms with van der Waals surface area (Å²) >= 11 is 7.92. The summed E-state index contributed by atoms with van der Waals surface area (Å²) in [6.45, 7) is 9.13. The number of carbonyl (C=O) groups excluding carboxylic acids is 1. The van der Waals surface area contributed by atoms with E-state index in [9.17, 15) is 4.79 Å². The SMILES string of the molecule is Cc1cc(C)c2sc(N(CCCN3CCOCC3)C(=O)c3ccccc3Cl)nc2c1. The largest absolute Gasteiger partial charge is 0.379 e. The van der Waals surface area contributed by atoms with Crippen LogP contribution >= 0.6 is 22.9 Å². The smallest absolute Gasteiger partial charge is 0.261 e. The van der Waals surface area contributed by atoms with Crippen LogP contribution in [-0.2, 0) is 4.74 Å². The molecule has 1 amide bonds. The first kappa shape index (κ1) is 21.2. The fraction of sp³-hybridized carbons (Fsp3) is 0.391. The normalized spacial score (nSPS) is 14.9. The molecule has 0 N–H and O–H groups in total. The van der Waals surface area contributed by atoms with Gasteiger partial charge in [0.05, 0.1) is 34.0 Å². The van der Waals surface area contributed by atoms with Crippen molar-refractivity contribution in [1.29, 1.82) is 0 Å². The highest BCUT2D eigenvalue weighted by Gasteiger charge is 2.23. The van der Waals surface area contributed by atoms with Gasteiger partial charge in [-0.1, -0.05) is 41.1 Å². The van der Waals surface area contributed by atoms with Crippen molar-refractivity contribution in [3.63, 3.8) is 0 Å². The summed E-state index contributed by atoms with van der Waals surface area (Å²) in [5.41, 5.74) is 3.82. The van der Waals surface area contributed by atoms with Crippen molar-refractivity contribution in [3.05, 3.63) is 58.1 Å². The molecule has 1 fully saturated rings. The van der Waals surface area contributed by atoms with E-state index in [0.717, 1.165) is 54.6 Å². The topological polar surface area (TPSA) is 45.7 Å². The lowest BCUT2D eigenvalue weighted by molar-refractivity contribution is 0.0376. The molecule has 0 bridgehead atoms. The monoisotopic (exact) mass is 443 g/mol. The van der Waals surface area contributed by atoms with Gasteiger partial charge >= 0.3 is 0 Å². The molecule has 2 aromatic carbocycles. The Morgan fingerprint density at radius 2 is 2.00 bits per heavy atom. The van der Waals surface area contributed by atoms with Gasteiger partial charge in [-0.15, -0.1) is 0 Å². The van der Waals surface area contributed by atoms with Crippen LogP contribution in [-0.4, -0.2) is 55.2 Å². The number of anilines is 1. The number of fused-ring (bicyclic) bond motifs is 1. The number of benzene rings is 2. The number of thiazole rings is 1. The molecule has 30 heavy (non-hydrogen) atoms. The molecule has 1 saturated heterocycles. The molecule has 1 aromatic heterocycles. The van der Waals surface area contributed by atoms with Crippen LogP contribution in [0.15, 0.2) is 36.4 Å². The summed E-state index contributed by atoms with van der Waals surface area (Å²) in [7, 11) is 0. The van der Waals surface area contributed by atoms with Gasteiger partial charge in [0.15, 0.2) is 5.13 Å². The van der Waals surface area contributed by atoms with Crippen LogP contribution in [0, 0.1) is 13.8 Å². The lowest BCUT2D eigenvalue weighted by atomic mass is 10.1. The number of nitrogens with zero attached hydrogens (tertiary/aromatic N) is 3. The van der Waals surface area contributed by atoms with Gasteiger partial charge in [-0.05, 0) is 49.6 Å². The number of hydrogen-bond acceptors (Lipinski definition) is 5. The van der Waals surface area contributed by atoms with Crippen LogP contribution in [0.25, 0.3) is 10.2 Å². The third kappa shape index (κ3) is 4.67.